The van der Waals surface area contributed by atoms with E-state index in [1.165, 1.54) is 12.8 Å². The highest BCUT2D eigenvalue weighted by Gasteiger charge is 2.27. The van der Waals surface area contributed by atoms with Crippen molar-refractivity contribution >= 4 is 11.5 Å². The number of ether oxygens (including phenoxy) is 2. The zero-order valence-electron chi connectivity index (χ0n) is 15.4. The number of rotatable bonds is 6. The van der Waals surface area contributed by atoms with Crippen molar-refractivity contribution in [1.82, 2.24) is 9.97 Å². The van der Waals surface area contributed by atoms with Crippen molar-refractivity contribution < 1.29 is 9.47 Å². The van der Waals surface area contributed by atoms with E-state index in [9.17, 15) is 0 Å². The van der Waals surface area contributed by atoms with Gasteiger partial charge in [-0.2, -0.15) is 0 Å². The molecule has 2 heterocycles. The Balaban J connectivity index is 1.37. The summed E-state index contributed by atoms with van der Waals surface area (Å²) in [4.78, 5) is 11.6. The van der Waals surface area contributed by atoms with Crippen LogP contribution >= 0.6 is 0 Å². The molecule has 0 amide bonds. The Bertz CT molecular complexity index is 733. The van der Waals surface area contributed by atoms with Crippen molar-refractivity contribution in [2.75, 3.05) is 37.5 Å². The minimum Gasteiger partial charge on any atom is -0.497 e. The van der Waals surface area contributed by atoms with Crippen molar-refractivity contribution in [2.45, 2.75) is 37.6 Å². The molecule has 2 aliphatic rings. The van der Waals surface area contributed by atoms with Gasteiger partial charge in [-0.25, -0.2) is 9.97 Å². The zero-order chi connectivity index (χ0) is 17.9. The number of nitrogens with zero attached hydrogens (tertiary/aromatic N) is 3. The number of piperidine rings is 1. The fraction of sp³-hybridized carbons (Fsp3) is 0.500. The first-order valence-electron chi connectivity index (χ1n) is 9.32. The third kappa shape index (κ3) is 3.84. The lowest BCUT2D eigenvalue weighted by atomic mass is 10.0. The van der Waals surface area contributed by atoms with Gasteiger partial charge in [0.15, 0.2) is 0 Å². The Morgan fingerprint density at radius 2 is 1.69 bits per heavy atom. The molecule has 0 radical (unpaired) electrons. The first-order valence-corrected chi connectivity index (χ1v) is 9.32. The van der Waals surface area contributed by atoms with Crippen LogP contribution in [0.15, 0.2) is 30.5 Å². The van der Waals surface area contributed by atoms with Gasteiger partial charge in [-0.3, -0.25) is 0 Å². The molecule has 0 unspecified atom stereocenters. The SMILES string of the molecule is COc1cc(NC2CCN(c3ccnc(C4CC4)n3)CC2)cc(OC)c1. The van der Waals surface area contributed by atoms with Crippen molar-refractivity contribution in [3.8, 4) is 11.5 Å². The Morgan fingerprint density at radius 3 is 2.31 bits per heavy atom. The van der Waals surface area contributed by atoms with Gasteiger partial charge in [0, 0.05) is 55.1 Å². The van der Waals surface area contributed by atoms with Crippen LogP contribution in [0.1, 0.15) is 37.4 Å². The Hall–Kier alpha value is -2.50. The van der Waals surface area contributed by atoms with Gasteiger partial charge in [-0.05, 0) is 31.7 Å². The lowest BCUT2D eigenvalue weighted by molar-refractivity contribution is 0.394. The summed E-state index contributed by atoms with van der Waals surface area (Å²) in [5.74, 6) is 4.29. The van der Waals surface area contributed by atoms with Crippen LogP contribution in [0.3, 0.4) is 0 Å². The summed E-state index contributed by atoms with van der Waals surface area (Å²) in [6.45, 7) is 2.00. The van der Waals surface area contributed by atoms with Crippen molar-refractivity contribution in [2.24, 2.45) is 0 Å². The zero-order valence-corrected chi connectivity index (χ0v) is 15.4. The molecule has 1 aromatic carbocycles. The number of nitrogens with one attached hydrogen (secondary N) is 1. The second-order valence-corrected chi connectivity index (χ2v) is 7.05. The van der Waals surface area contributed by atoms with E-state index in [4.69, 9.17) is 14.5 Å². The van der Waals surface area contributed by atoms with E-state index in [2.05, 4.69) is 15.2 Å². The van der Waals surface area contributed by atoms with Gasteiger partial charge in [0.05, 0.1) is 14.2 Å². The number of methoxy groups -OCH3 is 2. The second kappa shape index (κ2) is 7.40. The van der Waals surface area contributed by atoms with Crippen LogP contribution < -0.4 is 19.7 Å². The van der Waals surface area contributed by atoms with Crippen LogP contribution in [0.2, 0.25) is 0 Å². The Morgan fingerprint density at radius 1 is 1.00 bits per heavy atom. The van der Waals surface area contributed by atoms with E-state index in [-0.39, 0.29) is 0 Å². The van der Waals surface area contributed by atoms with Crippen LogP contribution in [-0.4, -0.2) is 43.3 Å². The summed E-state index contributed by atoms with van der Waals surface area (Å²) in [5.41, 5.74) is 1.04. The van der Waals surface area contributed by atoms with Crippen LogP contribution in [0, 0.1) is 0 Å². The molecule has 4 rings (SSSR count). The largest absolute Gasteiger partial charge is 0.497 e. The first-order chi connectivity index (χ1) is 12.7. The molecule has 6 heteroatoms. The Labute approximate surface area is 154 Å². The van der Waals surface area contributed by atoms with E-state index in [0.29, 0.717) is 12.0 Å². The predicted octanol–water partition coefficient (Wildman–Crippen LogP) is 3.45. The van der Waals surface area contributed by atoms with Crippen molar-refractivity contribution in [3.63, 3.8) is 0 Å². The summed E-state index contributed by atoms with van der Waals surface area (Å²) in [6.07, 6.45) is 6.52. The molecule has 1 saturated heterocycles. The van der Waals surface area contributed by atoms with E-state index in [1.54, 1.807) is 14.2 Å². The molecule has 0 bridgehead atoms. The summed E-state index contributed by atoms with van der Waals surface area (Å²) in [5, 5.41) is 3.62. The standard InChI is InChI=1S/C20H26N4O2/c1-25-17-11-16(12-18(13-17)26-2)22-15-6-9-24(10-7-15)19-5-8-21-20(23-19)14-3-4-14/h5,8,11-15,22H,3-4,6-7,9-10H2,1-2H3. The van der Waals surface area contributed by atoms with Crippen LogP contribution in [0.4, 0.5) is 11.5 Å². The minimum atomic E-state index is 0.438. The summed E-state index contributed by atoms with van der Waals surface area (Å²) in [7, 11) is 3.35. The average Bonchev–Trinajstić information content (AvgIpc) is 3.54. The summed E-state index contributed by atoms with van der Waals surface area (Å²) < 4.78 is 10.7. The smallest absolute Gasteiger partial charge is 0.133 e. The number of hydrogen-bond donors (Lipinski definition) is 1. The topological polar surface area (TPSA) is 59.5 Å². The molecule has 1 N–H and O–H groups in total. The molecule has 0 spiro atoms. The van der Waals surface area contributed by atoms with Crippen LogP contribution in [-0.2, 0) is 0 Å². The van der Waals surface area contributed by atoms with E-state index in [0.717, 1.165) is 54.8 Å². The van der Waals surface area contributed by atoms with E-state index >= 15 is 0 Å². The molecule has 1 aliphatic carbocycles. The third-order valence-electron chi connectivity index (χ3n) is 5.14. The number of aromatic nitrogens is 2. The van der Waals surface area contributed by atoms with E-state index < -0.39 is 0 Å². The average molecular weight is 354 g/mol. The van der Waals surface area contributed by atoms with Gasteiger partial charge in [0.25, 0.3) is 0 Å². The molecule has 1 aromatic heterocycles. The summed E-state index contributed by atoms with van der Waals surface area (Å²) >= 11 is 0. The fourth-order valence-electron chi connectivity index (χ4n) is 3.46. The molecule has 26 heavy (non-hydrogen) atoms. The van der Waals surface area contributed by atoms with Gasteiger partial charge in [0.2, 0.25) is 0 Å². The molecular weight excluding hydrogens is 328 g/mol. The molecule has 2 fully saturated rings. The lowest BCUT2D eigenvalue weighted by Crippen LogP contribution is -2.39. The van der Waals surface area contributed by atoms with Gasteiger partial charge in [0.1, 0.15) is 23.1 Å². The molecule has 138 valence electrons. The molecule has 0 atom stereocenters. The van der Waals surface area contributed by atoms with Gasteiger partial charge < -0.3 is 19.7 Å². The molecular formula is C20H26N4O2. The normalized spacial score (nSPS) is 17.8. The van der Waals surface area contributed by atoms with Crippen molar-refractivity contribution in [1.29, 1.82) is 0 Å². The Kier molecular flexibility index (Phi) is 4.82. The van der Waals surface area contributed by atoms with Gasteiger partial charge in [-0.1, -0.05) is 0 Å². The van der Waals surface area contributed by atoms with E-state index in [1.807, 2.05) is 30.5 Å². The number of anilines is 2. The second-order valence-electron chi connectivity index (χ2n) is 7.05. The third-order valence-corrected chi connectivity index (χ3v) is 5.14. The maximum atomic E-state index is 5.35. The first kappa shape index (κ1) is 16.9. The lowest BCUT2D eigenvalue weighted by Gasteiger charge is -2.33. The molecule has 2 aromatic rings. The number of hydrogen-bond acceptors (Lipinski definition) is 6. The summed E-state index contributed by atoms with van der Waals surface area (Å²) in [6, 6.07) is 8.39. The maximum Gasteiger partial charge on any atom is 0.133 e. The highest BCUT2D eigenvalue weighted by molar-refractivity contribution is 5.54. The van der Waals surface area contributed by atoms with Gasteiger partial charge in [-0.15, -0.1) is 0 Å². The molecule has 6 nitrogen and oxygen atoms in total. The predicted molar refractivity (Wildman–Crippen MR) is 102 cm³/mol. The monoisotopic (exact) mass is 354 g/mol. The highest BCUT2D eigenvalue weighted by atomic mass is 16.5. The van der Waals surface area contributed by atoms with Crippen molar-refractivity contribution in [3.05, 3.63) is 36.3 Å². The van der Waals surface area contributed by atoms with Crippen LogP contribution in [0.5, 0.6) is 11.5 Å². The van der Waals surface area contributed by atoms with Gasteiger partial charge >= 0.3 is 0 Å². The quantitative estimate of drug-likeness (QED) is 0.857. The molecule has 1 aliphatic heterocycles. The number of benzene rings is 1. The highest BCUT2D eigenvalue weighted by Crippen LogP contribution is 2.38. The molecule has 1 saturated carbocycles. The maximum absolute atomic E-state index is 5.35. The minimum absolute atomic E-state index is 0.438. The fourth-order valence-corrected chi connectivity index (χ4v) is 3.46. The van der Waals surface area contributed by atoms with Crippen LogP contribution in [0.25, 0.3) is 0 Å².